The maximum atomic E-state index is 12.4. The topological polar surface area (TPSA) is 81.7 Å². The van der Waals surface area contributed by atoms with E-state index < -0.39 is 23.8 Å². The summed E-state index contributed by atoms with van der Waals surface area (Å²) in [4.78, 5) is 26.5. The van der Waals surface area contributed by atoms with Crippen LogP contribution in [0.3, 0.4) is 0 Å². The molecule has 0 bridgehead atoms. The van der Waals surface area contributed by atoms with Crippen LogP contribution < -0.4 is 15.5 Å². The molecule has 1 saturated heterocycles. The number of thioether (sulfide) groups is 1. The molecule has 2 amide bonds. The van der Waals surface area contributed by atoms with Crippen LogP contribution in [0, 0.1) is 5.92 Å². The van der Waals surface area contributed by atoms with Crippen molar-refractivity contribution in [3.05, 3.63) is 41.3 Å². The molecule has 3 rings (SSSR count). The van der Waals surface area contributed by atoms with Crippen LogP contribution in [0.25, 0.3) is 0 Å². The molecule has 2 heterocycles. The van der Waals surface area contributed by atoms with Crippen LogP contribution in [0.15, 0.2) is 35.7 Å². The first kappa shape index (κ1) is 16.9. The molecule has 24 heavy (non-hydrogen) atoms. The molecule has 1 aromatic carbocycles. The van der Waals surface area contributed by atoms with Gasteiger partial charge in [0.25, 0.3) is 0 Å². The quantitative estimate of drug-likeness (QED) is 0.690. The number of hydrogen-bond acceptors (Lipinski definition) is 5. The van der Waals surface area contributed by atoms with Crippen LogP contribution in [0.2, 0.25) is 0 Å². The van der Waals surface area contributed by atoms with Crippen LogP contribution in [-0.4, -0.2) is 48.4 Å². The average molecular weight is 347 g/mol. The molecule has 0 saturated carbocycles. The number of rotatable bonds is 4. The largest absolute Gasteiger partial charge is 0.390 e. The van der Waals surface area contributed by atoms with Gasteiger partial charge in [0, 0.05) is 26.3 Å². The Labute approximate surface area is 145 Å². The highest BCUT2D eigenvalue weighted by Gasteiger charge is 2.47. The Bertz CT molecular complexity index is 660. The first-order valence-corrected chi connectivity index (χ1v) is 8.76. The van der Waals surface area contributed by atoms with Gasteiger partial charge in [-0.3, -0.25) is 9.59 Å². The minimum absolute atomic E-state index is 0.194. The minimum Gasteiger partial charge on any atom is -0.390 e. The van der Waals surface area contributed by atoms with Crippen molar-refractivity contribution in [3.8, 4) is 0 Å². The maximum absolute atomic E-state index is 12.4. The van der Waals surface area contributed by atoms with Gasteiger partial charge in [0.2, 0.25) is 11.8 Å². The van der Waals surface area contributed by atoms with Crippen LogP contribution in [-0.2, 0) is 16.1 Å². The first-order chi connectivity index (χ1) is 11.5. The molecular weight excluding hydrogens is 326 g/mol. The number of carbonyl (C=O) groups excluding carboxylic acids is 2. The van der Waals surface area contributed by atoms with Crippen molar-refractivity contribution in [3.63, 3.8) is 0 Å². The van der Waals surface area contributed by atoms with Gasteiger partial charge in [-0.25, -0.2) is 0 Å². The Balaban J connectivity index is 1.61. The summed E-state index contributed by atoms with van der Waals surface area (Å²) in [5, 5.41) is 17.6. The van der Waals surface area contributed by atoms with E-state index in [4.69, 9.17) is 0 Å². The second-order valence-corrected chi connectivity index (χ2v) is 7.30. The number of benzene rings is 1. The van der Waals surface area contributed by atoms with Gasteiger partial charge in [-0.2, -0.15) is 0 Å². The van der Waals surface area contributed by atoms with Gasteiger partial charge in [0.05, 0.1) is 17.4 Å². The second kappa shape index (κ2) is 6.86. The molecule has 2 aliphatic heterocycles. The summed E-state index contributed by atoms with van der Waals surface area (Å²) in [5.41, 5.74) is 2.01. The lowest BCUT2D eigenvalue weighted by molar-refractivity contribution is -0.142. The van der Waals surface area contributed by atoms with E-state index in [0.29, 0.717) is 6.54 Å². The number of amides is 2. The van der Waals surface area contributed by atoms with E-state index in [0.717, 1.165) is 11.3 Å². The van der Waals surface area contributed by atoms with Crippen molar-refractivity contribution in [1.82, 2.24) is 10.6 Å². The van der Waals surface area contributed by atoms with Crippen LogP contribution >= 0.6 is 11.8 Å². The van der Waals surface area contributed by atoms with E-state index in [2.05, 4.69) is 10.6 Å². The van der Waals surface area contributed by atoms with Crippen LogP contribution in [0.5, 0.6) is 0 Å². The van der Waals surface area contributed by atoms with Crippen molar-refractivity contribution in [2.24, 2.45) is 5.92 Å². The predicted molar refractivity (Wildman–Crippen MR) is 94.6 cm³/mol. The van der Waals surface area contributed by atoms with E-state index in [9.17, 15) is 14.7 Å². The molecule has 4 atom stereocenters. The second-order valence-electron chi connectivity index (χ2n) is 6.21. The Morgan fingerprint density at radius 3 is 2.71 bits per heavy atom. The van der Waals surface area contributed by atoms with E-state index >= 15 is 0 Å². The SMILES string of the molecule is CN(C)c1ccc(CNC(=O)C2C(=O)NC3C=CSC3C2O)cc1. The number of anilines is 1. The summed E-state index contributed by atoms with van der Waals surface area (Å²) in [5.74, 6) is -1.93. The van der Waals surface area contributed by atoms with Gasteiger partial charge in [-0.15, -0.1) is 11.8 Å². The number of aliphatic hydroxyl groups is 1. The highest BCUT2D eigenvalue weighted by atomic mass is 32.2. The third kappa shape index (κ3) is 3.27. The fraction of sp³-hybridized carbons (Fsp3) is 0.412. The number of hydrogen-bond donors (Lipinski definition) is 3. The summed E-state index contributed by atoms with van der Waals surface area (Å²) in [6, 6.07) is 7.60. The number of nitrogens with one attached hydrogen (secondary N) is 2. The highest BCUT2D eigenvalue weighted by Crippen LogP contribution is 2.33. The van der Waals surface area contributed by atoms with Crippen LogP contribution in [0.1, 0.15) is 5.56 Å². The van der Waals surface area contributed by atoms with Crippen LogP contribution in [0.4, 0.5) is 5.69 Å². The fourth-order valence-electron chi connectivity index (χ4n) is 2.92. The van der Waals surface area contributed by atoms with Gasteiger partial charge >= 0.3 is 0 Å². The Kier molecular flexibility index (Phi) is 4.82. The predicted octanol–water partition coefficient (Wildman–Crippen LogP) is 0.473. The molecule has 0 aromatic heterocycles. The molecular formula is C17H21N3O3S. The van der Waals surface area contributed by atoms with Gasteiger partial charge in [-0.05, 0) is 23.1 Å². The van der Waals surface area contributed by atoms with E-state index in [1.54, 1.807) is 0 Å². The summed E-state index contributed by atoms with van der Waals surface area (Å²) in [6.45, 7) is 0.322. The van der Waals surface area contributed by atoms with E-state index in [1.165, 1.54) is 11.8 Å². The monoisotopic (exact) mass is 347 g/mol. The normalized spacial score (nSPS) is 28.2. The third-order valence-corrected chi connectivity index (χ3v) is 5.55. The summed E-state index contributed by atoms with van der Waals surface area (Å²) < 4.78 is 0. The zero-order valence-corrected chi connectivity index (χ0v) is 14.4. The molecule has 1 fully saturated rings. The smallest absolute Gasteiger partial charge is 0.235 e. The number of nitrogens with zero attached hydrogens (tertiary/aromatic N) is 1. The average Bonchev–Trinajstić information content (AvgIpc) is 3.01. The van der Waals surface area contributed by atoms with Gasteiger partial charge < -0.3 is 20.6 Å². The van der Waals surface area contributed by atoms with Crippen molar-refractivity contribution >= 4 is 29.3 Å². The van der Waals surface area contributed by atoms with Gasteiger partial charge in [0.1, 0.15) is 5.92 Å². The molecule has 0 spiro atoms. The summed E-state index contributed by atoms with van der Waals surface area (Å²) in [7, 11) is 3.92. The molecule has 0 radical (unpaired) electrons. The van der Waals surface area contributed by atoms with Gasteiger partial charge in [0.15, 0.2) is 0 Å². The molecule has 2 aliphatic rings. The van der Waals surface area contributed by atoms with Crippen molar-refractivity contribution in [2.75, 3.05) is 19.0 Å². The molecule has 4 unspecified atom stereocenters. The Hall–Kier alpha value is -1.99. The first-order valence-electron chi connectivity index (χ1n) is 7.82. The number of aliphatic hydroxyl groups excluding tert-OH is 1. The fourth-order valence-corrected chi connectivity index (χ4v) is 4.01. The number of carbonyl (C=O) groups is 2. The van der Waals surface area contributed by atoms with Gasteiger partial charge in [-0.1, -0.05) is 18.2 Å². The molecule has 0 aliphatic carbocycles. The molecule has 128 valence electrons. The zero-order valence-electron chi connectivity index (χ0n) is 13.6. The molecule has 6 nitrogen and oxygen atoms in total. The number of piperidine rings is 1. The molecule has 1 aromatic rings. The lowest BCUT2D eigenvalue weighted by Gasteiger charge is -2.35. The van der Waals surface area contributed by atoms with Crippen molar-refractivity contribution in [2.45, 2.75) is 23.9 Å². The molecule has 3 N–H and O–H groups in total. The third-order valence-electron chi connectivity index (χ3n) is 4.35. The Morgan fingerprint density at radius 2 is 2.04 bits per heavy atom. The van der Waals surface area contributed by atoms with E-state index in [-0.39, 0.29) is 11.3 Å². The maximum Gasteiger partial charge on any atom is 0.235 e. The highest BCUT2D eigenvalue weighted by molar-refractivity contribution is 8.03. The van der Waals surface area contributed by atoms with Crippen molar-refractivity contribution < 1.29 is 14.7 Å². The summed E-state index contributed by atoms with van der Waals surface area (Å²) >= 11 is 1.45. The minimum atomic E-state index is -1.07. The zero-order chi connectivity index (χ0) is 17.3. The van der Waals surface area contributed by atoms with Crippen molar-refractivity contribution in [1.29, 1.82) is 0 Å². The Morgan fingerprint density at radius 1 is 1.33 bits per heavy atom. The lowest BCUT2D eigenvalue weighted by atomic mass is 9.89. The van der Waals surface area contributed by atoms with E-state index in [1.807, 2.05) is 54.7 Å². The lowest BCUT2D eigenvalue weighted by Crippen LogP contribution is -2.60. The summed E-state index contributed by atoms with van der Waals surface area (Å²) in [6.07, 6.45) is 0.858. The molecule has 7 heteroatoms. The number of fused-ring (bicyclic) bond motifs is 1. The standard InChI is InChI=1S/C17H21N3O3S/c1-20(2)11-5-3-10(4-6-11)9-18-16(22)13-14(21)15-12(7-8-24-15)19-17(13)23/h3-8,12-15,21H,9H2,1-2H3,(H,18,22)(H,19,23).